The molecule has 2 atom stereocenters. The maximum atomic E-state index is 6.01. The average molecular weight is 249 g/mol. The van der Waals surface area contributed by atoms with Crippen LogP contribution in [-0.4, -0.2) is 38.2 Å². The first-order chi connectivity index (χ1) is 8.60. The van der Waals surface area contributed by atoms with Crippen LogP contribution in [0.3, 0.4) is 0 Å². The van der Waals surface area contributed by atoms with Gasteiger partial charge in [0.25, 0.3) is 0 Å². The van der Waals surface area contributed by atoms with E-state index in [4.69, 9.17) is 10.5 Å². The molecule has 1 aliphatic rings. The monoisotopic (exact) mass is 249 g/mol. The van der Waals surface area contributed by atoms with Crippen molar-refractivity contribution in [1.29, 1.82) is 0 Å². The summed E-state index contributed by atoms with van der Waals surface area (Å²) in [7, 11) is 3.85. The lowest BCUT2D eigenvalue weighted by Gasteiger charge is -2.36. The lowest BCUT2D eigenvalue weighted by Crippen LogP contribution is -2.43. The van der Waals surface area contributed by atoms with Gasteiger partial charge in [0.05, 0.1) is 18.5 Å². The molecule has 0 aliphatic carbocycles. The minimum absolute atomic E-state index is 0.482. The van der Waals surface area contributed by atoms with E-state index in [1.807, 2.05) is 18.2 Å². The number of likely N-dealkylation sites (tertiary alicyclic amines) is 1. The fourth-order valence-electron chi connectivity index (χ4n) is 2.56. The van der Waals surface area contributed by atoms with E-state index in [2.05, 4.69) is 24.2 Å². The number of nitrogens with one attached hydrogen (secondary N) is 1. The first-order valence-electron chi connectivity index (χ1n) is 6.48. The van der Waals surface area contributed by atoms with Crippen LogP contribution in [0.1, 0.15) is 13.3 Å². The number of methoxy groups -OCH3 is 1. The highest BCUT2D eigenvalue weighted by Gasteiger charge is 2.24. The van der Waals surface area contributed by atoms with Crippen LogP contribution in [0.2, 0.25) is 0 Å². The van der Waals surface area contributed by atoms with E-state index in [0.717, 1.165) is 36.6 Å². The van der Waals surface area contributed by atoms with Crippen LogP contribution in [0, 0.1) is 5.92 Å². The van der Waals surface area contributed by atoms with Crippen LogP contribution in [0.4, 0.5) is 11.4 Å². The summed E-state index contributed by atoms with van der Waals surface area (Å²) in [5, 5.41) is 3.56. The highest BCUT2D eigenvalue weighted by molar-refractivity contribution is 5.68. The van der Waals surface area contributed by atoms with Gasteiger partial charge in [-0.05, 0) is 38.1 Å². The lowest BCUT2D eigenvalue weighted by molar-refractivity contribution is 0.206. The molecule has 0 radical (unpaired) electrons. The summed E-state index contributed by atoms with van der Waals surface area (Å²) in [5.41, 5.74) is 7.77. The number of piperidine rings is 1. The zero-order valence-corrected chi connectivity index (χ0v) is 11.4. The van der Waals surface area contributed by atoms with Crippen molar-refractivity contribution in [3.05, 3.63) is 18.2 Å². The highest BCUT2D eigenvalue weighted by atomic mass is 16.5. The van der Waals surface area contributed by atoms with Gasteiger partial charge in [-0.1, -0.05) is 6.92 Å². The van der Waals surface area contributed by atoms with Crippen LogP contribution in [0.25, 0.3) is 0 Å². The molecule has 0 spiro atoms. The van der Waals surface area contributed by atoms with Gasteiger partial charge in [0, 0.05) is 18.7 Å². The van der Waals surface area contributed by atoms with Crippen molar-refractivity contribution < 1.29 is 4.74 Å². The largest absolute Gasteiger partial charge is 0.497 e. The van der Waals surface area contributed by atoms with E-state index in [0.29, 0.717) is 12.0 Å². The second-order valence-electron chi connectivity index (χ2n) is 5.23. The first-order valence-corrected chi connectivity index (χ1v) is 6.48. The van der Waals surface area contributed by atoms with Crippen molar-refractivity contribution in [1.82, 2.24) is 4.90 Å². The standard InChI is InChI=1S/C14H23N3O/c1-10-9-17(2)7-6-13(10)16-14-8-11(18-3)4-5-12(14)15/h4-5,8,10,13,16H,6-7,9,15H2,1-3H3. The molecular formula is C14H23N3O. The smallest absolute Gasteiger partial charge is 0.121 e. The minimum Gasteiger partial charge on any atom is -0.497 e. The first kappa shape index (κ1) is 13.0. The highest BCUT2D eigenvalue weighted by Crippen LogP contribution is 2.28. The Kier molecular flexibility index (Phi) is 3.97. The predicted octanol–water partition coefficient (Wildman–Crippen LogP) is 2.03. The van der Waals surface area contributed by atoms with E-state index in [9.17, 15) is 0 Å². The maximum Gasteiger partial charge on any atom is 0.121 e. The van der Waals surface area contributed by atoms with Crippen molar-refractivity contribution in [2.75, 3.05) is 38.3 Å². The summed E-state index contributed by atoms with van der Waals surface area (Å²) in [4.78, 5) is 2.37. The number of benzene rings is 1. The molecule has 1 aromatic carbocycles. The van der Waals surface area contributed by atoms with Crippen LogP contribution in [-0.2, 0) is 0 Å². The van der Waals surface area contributed by atoms with E-state index in [-0.39, 0.29) is 0 Å². The molecule has 2 unspecified atom stereocenters. The van der Waals surface area contributed by atoms with Crippen LogP contribution in [0.5, 0.6) is 5.75 Å². The molecule has 100 valence electrons. The fraction of sp³-hybridized carbons (Fsp3) is 0.571. The van der Waals surface area contributed by atoms with Crippen molar-refractivity contribution in [2.45, 2.75) is 19.4 Å². The third-order valence-electron chi connectivity index (χ3n) is 3.71. The summed E-state index contributed by atoms with van der Waals surface area (Å²) in [5.74, 6) is 1.46. The van der Waals surface area contributed by atoms with Gasteiger partial charge in [0.15, 0.2) is 0 Å². The average Bonchev–Trinajstić information content (AvgIpc) is 2.35. The maximum absolute atomic E-state index is 6.01. The molecule has 0 aromatic heterocycles. The number of nitrogens with two attached hydrogens (primary N) is 1. The van der Waals surface area contributed by atoms with Gasteiger partial charge < -0.3 is 20.7 Å². The molecule has 4 nitrogen and oxygen atoms in total. The number of anilines is 2. The Morgan fingerprint density at radius 2 is 2.22 bits per heavy atom. The number of rotatable bonds is 3. The zero-order valence-electron chi connectivity index (χ0n) is 11.4. The summed E-state index contributed by atoms with van der Waals surface area (Å²) >= 11 is 0. The number of nitrogen functional groups attached to an aromatic ring is 1. The number of hydrogen-bond acceptors (Lipinski definition) is 4. The van der Waals surface area contributed by atoms with E-state index in [1.54, 1.807) is 7.11 Å². The normalized spacial score (nSPS) is 24.8. The molecule has 0 amide bonds. The van der Waals surface area contributed by atoms with Gasteiger partial charge >= 0.3 is 0 Å². The minimum atomic E-state index is 0.482. The summed E-state index contributed by atoms with van der Waals surface area (Å²) < 4.78 is 5.24. The van der Waals surface area contributed by atoms with Crippen molar-refractivity contribution in [3.8, 4) is 5.75 Å². The Morgan fingerprint density at radius 1 is 1.44 bits per heavy atom. The van der Waals surface area contributed by atoms with Gasteiger partial charge in [-0.3, -0.25) is 0 Å². The van der Waals surface area contributed by atoms with E-state index >= 15 is 0 Å². The Labute approximate surface area is 109 Å². The molecule has 1 heterocycles. The molecule has 1 aliphatic heterocycles. The Bertz CT molecular complexity index is 408. The molecule has 1 fully saturated rings. The van der Waals surface area contributed by atoms with Gasteiger partial charge in [0.2, 0.25) is 0 Å². The molecule has 0 bridgehead atoms. The number of nitrogens with zero attached hydrogens (tertiary/aromatic N) is 1. The van der Waals surface area contributed by atoms with Gasteiger partial charge in [0.1, 0.15) is 5.75 Å². The van der Waals surface area contributed by atoms with Crippen LogP contribution in [0.15, 0.2) is 18.2 Å². The van der Waals surface area contributed by atoms with Crippen LogP contribution >= 0.6 is 0 Å². The van der Waals surface area contributed by atoms with Gasteiger partial charge in [-0.25, -0.2) is 0 Å². The molecule has 0 saturated carbocycles. The fourth-order valence-corrected chi connectivity index (χ4v) is 2.56. The summed E-state index contributed by atoms with van der Waals surface area (Å²) in [6.45, 7) is 4.54. The van der Waals surface area contributed by atoms with Gasteiger partial charge in [-0.15, -0.1) is 0 Å². The number of ether oxygens (including phenoxy) is 1. The molecule has 1 aromatic rings. The Balaban J connectivity index is 2.08. The molecular weight excluding hydrogens is 226 g/mol. The lowest BCUT2D eigenvalue weighted by atomic mass is 9.94. The quantitative estimate of drug-likeness (QED) is 0.805. The number of hydrogen-bond donors (Lipinski definition) is 2. The SMILES string of the molecule is COc1ccc(N)c(NC2CCN(C)CC2C)c1. The van der Waals surface area contributed by atoms with Crippen LogP contribution < -0.4 is 15.8 Å². The summed E-state index contributed by atoms with van der Waals surface area (Å²) in [6, 6.07) is 6.23. The van der Waals surface area contributed by atoms with Crippen molar-refractivity contribution in [3.63, 3.8) is 0 Å². The van der Waals surface area contributed by atoms with Gasteiger partial charge in [-0.2, -0.15) is 0 Å². The van der Waals surface area contributed by atoms with E-state index < -0.39 is 0 Å². The van der Waals surface area contributed by atoms with E-state index in [1.165, 1.54) is 0 Å². The molecule has 3 N–H and O–H groups in total. The van der Waals surface area contributed by atoms with Crippen molar-refractivity contribution >= 4 is 11.4 Å². The van der Waals surface area contributed by atoms with Crippen molar-refractivity contribution in [2.24, 2.45) is 5.92 Å². The third-order valence-corrected chi connectivity index (χ3v) is 3.71. The second-order valence-corrected chi connectivity index (χ2v) is 5.23. The predicted molar refractivity (Wildman–Crippen MR) is 76.1 cm³/mol. The summed E-state index contributed by atoms with van der Waals surface area (Å²) in [6.07, 6.45) is 1.15. The third kappa shape index (κ3) is 2.88. The Morgan fingerprint density at radius 3 is 2.89 bits per heavy atom. The molecule has 1 saturated heterocycles. The zero-order chi connectivity index (χ0) is 13.1. The molecule has 4 heteroatoms. The second kappa shape index (κ2) is 5.48. The Hall–Kier alpha value is -1.42. The molecule has 18 heavy (non-hydrogen) atoms. The molecule has 2 rings (SSSR count). The topological polar surface area (TPSA) is 50.5 Å².